The van der Waals surface area contributed by atoms with Crippen LogP contribution in [-0.4, -0.2) is 28.8 Å². The summed E-state index contributed by atoms with van der Waals surface area (Å²) < 4.78 is 0. The van der Waals surface area contributed by atoms with Crippen LogP contribution in [0.5, 0.6) is 0 Å². The lowest BCUT2D eigenvalue weighted by molar-refractivity contribution is -0.383. The Hall–Kier alpha value is -2.11. The lowest BCUT2D eigenvalue weighted by atomic mass is 10.1. The van der Waals surface area contributed by atoms with Crippen molar-refractivity contribution >= 4 is 17.3 Å². The molecule has 0 bridgehead atoms. The Morgan fingerprint density at radius 3 is 2.63 bits per heavy atom. The van der Waals surface area contributed by atoms with Crippen LogP contribution < -0.4 is 5.73 Å². The van der Waals surface area contributed by atoms with Crippen molar-refractivity contribution < 1.29 is 9.72 Å². The molecule has 6 heteroatoms. The van der Waals surface area contributed by atoms with Crippen LogP contribution >= 0.6 is 0 Å². The van der Waals surface area contributed by atoms with Gasteiger partial charge in [0.05, 0.1) is 10.5 Å². The molecule has 0 heterocycles. The lowest BCUT2D eigenvalue weighted by Crippen LogP contribution is -2.35. The summed E-state index contributed by atoms with van der Waals surface area (Å²) in [6.45, 7) is 0. The number of nitrogens with zero attached hydrogens (tertiary/aromatic N) is 2. The molecule has 1 aliphatic rings. The molecule has 0 unspecified atom stereocenters. The third-order valence-electron chi connectivity index (χ3n) is 3.70. The molecule has 1 aromatic rings. The van der Waals surface area contributed by atoms with Gasteiger partial charge in [0, 0.05) is 19.2 Å². The molecule has 1 amide bonds. The predicted molar refractivity (Wildman–Crippen MR) is 71.9 cm³/mol. The van der Waals surface area contributed by atoms with Gasteiger partial charge in [-0.2, -0.15) is 0 Å². The minimum absolute atomic E-state index is 0.0534. The van der Waals surface area contributed by atoms with Gasteiger partial charge in [-0.25, -0.2) is 0 Å². The maximum Gasteiger partial charge on any atom is 0.292 e. The van der Waals surface area contributed by atoms with Crippen LogP contribution in [0.25, 0.3) is 0 Å². The molecular formula is C13H17N3O3. The molecule has 0 aliphatic heterocycles. The SMILES string of the molecule is CN(C(=O)c1cccc([N+](=O)[O-])c1N)C1CCCC1. The van der Waals surface area contributed by atoms with Crippen LogP contribution in [0.15, 0.2) is 18.2 Å². The van der Waals surface area contributed by atoms with E-state index in [0.29, 0.717) is 0 Å². The zero-order valence-electron chi connectivity index (χ0n) is 10.8. The van der Waals surface area contributed by atoms with Crippen molar-refractivity contribution in [3.8, 4) is 0 Å². The minimum Gasteiger partial charge on any atom is -0.393 e. The predicted octanol–water partition coefficient (Wildman–Crippen LogP) is 2.19. The third kappa shape index (κ3) is 2.52. The van der Waals surface area contributed by atoms with Gasteiger partial charge >= 0.3 is 0 Å². The van der Waals surface area contributed by atoms with E-state index in [9.17, 15) is 14.9 Å². The maximum atomic E-state index is 12.4. The number of hydrogen-bond acceptors (Lipinski definition) is 4. The lowest BCUT2D eigenvalue weighted by Gasteiger charge is -2.24. The number of nitrogen functional groups attached to an aromatic ring is 1. The highest BCUT2D eigenvalue weighted by Crippen LogP contribution is 2.28. The molecule has 2 N–H and O–H groups in total. The van der Waals surface area contributed by atoms with Gasteiger partial charge in [0.25, 0.3) is 11.6 Å². The molecule has 6 nitrogen and oxygen atoms in total. The quantitative estimate of drug-likeness (QED) is 0.514. The number of amides is 1. The fourth-order valence-electron chi connectivity index (χ4n) is 2.55. The molecule has 0 spiro atoms. The van der Waals surface area contributed by atoms with Crippen LogP contribution in [-0.2, 0) is 0 Å². The Bertz CT molecular complexity index is 510. The number of carbonyl (C=O) groups excluding carboxylic acids is 1. The summed E-state index contributed by atoms with van der Waals surface area (Å²) in [6, 6.07) is 4.55. The molecule has 1 aromatic carbocycles. The molecule has 1 saturated carbocycles. The van der Waals surface area contributed by atoms with Crippen LogP contribution in [0.1, 0.15) is 36.0 Å². The van der Waals surface area contributed by atoms with Gasteiger partial charge < -0.3 is 10.6 Å². The first-order valence-electron chi connectivity index (χ1n) is 6.32. The monoisotopic (exact) mass is 263 g/mol. The van der Waals surface area contributed by atoms with Gasteiger partial charge in [-0.1, -0.05) is 18.9 Å². The number of nitro benzene ring substituents is 1. The van der Waals surface area contributed by atoms with Gasteiger partial charge in [0.2, 0.25) is 0 Å². The molecular weight excluding hydrogens is 246 g/mol. The van der Waals surface area contributed by atoms with Crippen LogP contribution in [0.3, 0.4) is 0 Å². The highest BCUT2D eigenvalue weighted by molar-refractivity contribution is 6.01. The van der Waals surface area contributed by atoms with E-state index >= 15 is 0 Å². The van der Waals surface area contributed by atoms with Crippen molar-refractivity contribution in [2.45, 2.75) is 31.7 Å². The number of nitrogens with two attached hydrogens (primary N) is 1. The summed E-state index contributed by atoms with van der Waals surface area (Å²) in [6.07, 6.45) is 4.20. The Morgan fingerprint density at radius 1 is 1.42 bits per heavy atom. The molecule has 0 atom stereocenters. The van der Waals surface area contributed by atoms with Gasteiger partial charge in [-0.3, -0.25) is 14.9 Å². The zero-order valence-corrected chi connectivity index (χ0v) is 10.8. The first-order chi connectivity index (χ1) is 9.02. The third-order valence-corrected chi connectivity index (χ3v) is 3.70. The Balaban J connectivity index is 2.28. The second-order valence-corrected chi connectivity index (χ2v) is 4.85. The van der Waals surface area contributed by atoms with Gasteiger partial charge in [-0.05, 0) is 18.9 Å². The topological polar surface area (TPSA) is 89.5 Å². The molecule has 0 aromatic heterocycles. The average molecular weight is 263 g/mol. The first kappa shape index (κ1) is 13.3. The Labute approximate surface area is 111 Å². The Kier molecular flexibility index (Phi) is 3.69. The normalized spacial score (nSPS) is 15.4. The minimum atomic E-state index is -0.568. The van der Waals surface area contributed by atoms with E-state index < -0.39 is 4.92 Å². The van der Waals surface area contributed by atoms with E-state index in [1.165, 1.54) is 18.2 Å². The second kappa shape index (κ2) is 5.26. The van der Waals surface area contributed by atoms with E-state index in [2.05, 4.69) is 0 Å². The van der Waals surface area contributed by atoms with Crippen molar-refractivity contribution in [3.63, 3.8) is 0 Å². The molecule has 1 aliphatic carbocycles. The average Bonchev–Trinajstić information content (AvgIpc) is 2.90. The highest BCUT2D eigenvalue weighted by Gasteiger charge is 2.27. The van der Waals surface area contributed by atoms with Crippen molar-refractivity contribution in [2.75, 3.05) is 12.8 Å². The number of nitro groups is 1. The molecule has 0 radical (unpaired) electrons. The summed E-state index contributed by atoms with van der Waals surface area (Å²) >= 11 is 0. The number of carbonyl (C=O) groups is 1. The zero-order chi connectivity index (χ0) is 14.0. The summed E-state index contributed by atoms with van der Waals surface area (Å²) in [5, 5.41) is 10.8. The van der Waals surface area contributed by atoms with E-state index in [4.69, 9.17) is 5.73 Å². The smallest absolute Gasteiger partial charge is 0.292 e. The molecule has 19 heavy (non-hydrogen) atoms. The van der Waals surface area contributed by atoms with E-state index in [-0.39, 0.29) is 28.9 Å². The summed E-state index contributed by atoms with van der Waals surface area (Å²) in [5.41, 5.74) is 5.67. The van der Waals surface area contributed by atoms with E-state index in [1.807, 2.05) is 0 Å². The largest absolute Gasteiger partial charge is 0.393 e. The summed E-state index contributed by atoms with van der Waals surface area (Å²) in [7, 11) is 1.73. The second-order valence-electron chi connectivity index (χ2n) is 4.85. The Morgan fingerprint density at radius 2 is 2.05 bits per heavy atom. The molecule has 102 valence electrons. The number of rotatable bonds is 3. The summed E-state index contributed by atoms with van der Waals surface area (Å²) in [4.78, 5) is 24.3. The van der Waals surface area contributed by atoms with Crippen molar-refractivity contribution in [1.82, 2.24) is 4.90 Å². The first-order valence-corrected chi connectivity index (χ1v) is 6.32. The molecule has 1 fully saturated rings. The molecule has 2 rings (SSSR count). The molecule has 0 saturated heterocycles. The van der Waals surface area contributed by atoms with Crippen molar-refractivity contribution in [2.24, 2.45) is 0 Å². The number of anilines is 1. The van der Waals surface area contributed by atoms with E-state index in [1.54, 1.807) is 11.9 Å². The van der Waals surface area contributed by atoms with Crippen molar-refractivity contribution in [3.05, 3.63) is 33.9 Å². The van der Waals surface area contributed by atoms with Crippen LogP contribution in [0.4, 0.5) is 11.4 Å². The highest BCUT2D eigenvalue weighted by atomic mass is 16.6. The maximum absolute atomic E-state index is 12.4. The fraction of sp³-hybridized carbons (Fsp3) is 0.462. The van der Waals surface area contributed by atoms with Gasteiger partial charge in [-0.15, -0.1) is 0 Å². The number of hydrogen-bond donors (Lipinski definition) is 1. The van der Waals surface area contributed by atoms with Gasteiger partial charge in [0.1, 0.15) is 5.69 Å². The van der Waals surface area contributed by atoms with E-state index in [0.717, 1.165) is 25.7 Å². The summed E-state index contributed by atoms with van der Waals surface area (Å²) in [5.74, 6) is -0.242. The van der Waals surface area contributed by atoms with Crippen molar-refractivity contribution in [1.29, 1.82) is 0 Å². The number of para-hydroxylation sites is 1. The van der Waals surface area contributed by atoms with Gasteiger partial charge in [0.15, 0.2) is 0 Å². The van der Waals surface area contributed by atoms with Crippen LogP contribution in [0.2, 0.25) is 0 Å². The fourth-order valence-corrected chi connectivity index (χ4v) is 2.55. The van der Waals surface area contributed by atoms with Crippen LogP contribution in [0, 0.1) is 10.1 Å². The standard InChI is InChI=1S/C13H17N3O3/c1-15(9-5-2-3-6-9)13(17)10-7-4-8-11(12(10)14)16(18)19/h4,7-9H,2-3,5-6,14H2,1H3. The number of benzene rings is 1.